The highest BCUT2D eigenvalue weighted by Gasteiger charge is 2.59. The molecule has 8 atom stereocenters. The van der Waals surface area contributed by atoms with Crippen LogP contribution < -0.4 is 0 Å². The van der Waals surface area contributed by atoms with Crippen LogP contribution >= 0.6 is 0 Å². The van der Waals surface area contributed by atoms with Crippen molar-refractivity contribution in [3.63, 3.8) is 0 Å². The van der Waals surface area contributed by atoms with Crippen molar-refractivity contribution in [3.8, 4) is 0 Å². The zero-order valence-electron chi connectivity index (χ0n) is 19.2. The van der Waals surface area contributed by atoms with E-state index in [9.17, 15) is 0 Å². The Bertz CT molecular complexity index is 506. The molecular formula is C27H48. The van der Waals surface area contributed by atoms with E-state index in [-0.39, 0.29) is 0 Å². The Morgan fingerprint density at radius 2 is 1.52 bits per heavy atom. The second-order valence-corrected chi connectivity index (χ2v) is 12.4. The van der Waals surface area contributed by atoms with Crippen LogP contribution in [0.3, 0.4) is 0 Å². The monoisotopic (exact) mass is 372 g/mol. The van der Waals surface area contributed by atoms with Gasteiger partial charge in [0.2, 0.25) is 0 Å². The molecular weight excluding hydrogens is 324 g/mol. The fraction of sp³-hybridized carbons (Fsp3) is 1.00. The summed E-state index contributed by atoms with van der Waals surface area (Å²) in [4.78, 5) is 0. The minimum atomic E-state index is 0.677. The van der Waals surface area contributed by atoms with Crippen LogP contribution in [0, 0.1) is 52.3 Å². The topological polar surface area (TPSA) is 0 Å². The largest absolute Gasteiger partial charge is 0.0628 e. The molecule has 4 fully saturated rings. The Morgan fingerprint density at radius 1 is 0.741 bits per heavy atom. The molecule has 4 rings (SSSR count). The molecule has 27 heavy (non-hydrogen) atoms. The lowest BCUT2D eigenvalue weighted by molar-refractivity contribution is -0.114. The average Bonchev–Trinajstić information content (AvgIpc) is 2.98. The molecule has 4 aliphatic carbocycles. The highest BCUT2D eigenvalue weighted by atomic mass is 14.6. The molecule has 0 bridgehead atoms. The van der Waals surface area contributed by atoms with Crippen molar-refractivity contribution in [3.05, 3.63) is 0 Å². The molecule has 4 saturated carbocycles. The van der Waals surface area contributed by atoms with Gasteiger partial charge in [0.15, 0.2) is 0 Å². The Morgan fingerprint density at radius 3 is 2.30 bits per heavy atom. The van der Waals surface area contributed by atoms with Gasteiger partial charge in [0.05, 0.1) is 0 Å². The second-order valence-electron chi connectivity index (χ2n) is 12.4. The second kappa shape index (κ2) is 7.68. The van der Waals surface area contributed by atoms with Gasteiger partial charge in [-0.25, -0.2) is 0 Å². The van der Waals surface area contributed by atoms with Gasteiger partial charge in [0.25, 0.3) is 0 Å². The van der Waals surface area contributed by atoms with Crippen molar-refractivity contribution in [2.75, 3.05) is 0 Å². The molecule has 0 saturated heterocycles. The number of fused-ring (bicyclic) bond motifs is 5. The summed E-state index contributed by atoms with van der Waals surface area (Å²) in [6.07, 6.45) is 19.9. The number of hydrogen-bond acceptors (Lipinski definition) is 0. The quantitative estimate of drug-likeness (QED) is 0.453. The first-order valence-corrected chi connectivity index (χ1v) is 12.9. The van der Waals surface area contributed by atoms with E-state index in [4.69, 9.17) is 0 Å². The maximum Gasteiger partial charge on any atom is -0.0264 e. The predicted molar refractivity (Wildman–Crippen MR) is 118 cm³/mol. The van der Waals surface area contributed by atoms with Crippen LogP contribution in [0.15, 0.2) is 0 Å². The molecule has 0 heterocycles. The molecule has 0 spiro atoms. The molecule has 0 N–H and O–H groups in total. The van der Waals surface area contributed by atoms with Gasteiger partial charge in [0.1, 0.15) is 0 Å². The Hall–Kier alpha value is 0. The third-order valence-corrected chi connectivity index (χ3v) is 10.8. The Balaban J connectivity index is 1.46. The van der Waals surface area contributed by atoms with Crippen molar-refractivity contribution in [2.45, 2.75) is 118 Å². The first-order chi connectivity index (χ1) is 12.9. The lowest BCUT2D eigenvalue weighted by Crippen LogP contribution is -2.53. The minimum absolute atomic E-state index is 0.677. The lowest BCUT2D eigenvalue weighted by Gasteiger charge is -2.61. The van der Waals surface area contributed by atoms with Crippen LogP contribution in [0.25, 0.3) is 0 Å². The summed E-state index contributed by atoms with van der Waals surface area (Å²) in [7, 11) is 0. The molecule has 0 aromatic heterocycles. The van der Waals surface area contributed by atoms with Crippen LogP contribution in [0.1, 0.15) is 118 Å². The maximum absolute atomic E-state index is 2.75. The molecule has 0 aromatic carbocycles. The van der Waals surface area contributed by atoms with Gasteiger partial charge < -0.3 is 0 Å². The highest BCUT2D eigenvalue weighted by molar-refractivity contribution is 5.09. The van der Waals surface area contributed by atoms with Crippen molar-refractivity contribution < 1.29 is 0 Å². The zero-order chi connectivity index (χ0) is 19.2. The molecule has 0 unspecified atom stereocenters. The molecule has 0 nitrogen and oxygen atoms in total. The number of rotatable bonds is 5. The molecule has 4 aliphatic rings. The summed E-state index contributed by atoms with van der Waals surface area (Å²) in [6.45, 7) is 12.9. The van der Waals surface area contributed by atoms with Gasteiger partial charge in [-0.15, -0.1) is 0 Å². The highest BCUT2D eigenvalue weighted by Crippen LogP contribution is 2.68. The van der Waals surface area contributed by atoms with E-state index in [1.54, 1.807) is 51.4 Å². The summed E-state index contributed by atoms with van der Waals surface area (Å²) < 4.78 is 0. The van der Waals surface area contributed by atoms with Crippen LogP contribution in [0.2, 0.25) is 0 Å². The summed E-state index contributed by atoms with van der Waals surface area (Å²) in [5, 5.41) is 0. The van der Waals surface area contributed by atoms with E-state index in [1.807, 2.05) is 0 Å². The van der Waals surface area contributed by atoms with E-state index in [2.05, 4.69) is 34.6 Å². The van der Waals surface area contributed by atoms with Gasteiger partial charge in [-0.05, 0) is 104 Å². The summed E-state index contributed by atoms with van der Waals surface area (Å²) >= 11 is 0. The molecule has 0 heteroatoms. The molecule has 0 amide bonds. The van der Waals surface area contributed by atoms with Gasteiger partial charge in [-0.1, -0.05) is 66.7 Å². The average molecular weight is 373 g/mol. The number of hydrogen-bond donors (Lipinski definition) is 0. The van der Waals surface area contributed by atoms with Crippen molar-refractivity contribution >= 4 is 0 Å². The smallest absolute Gasteiger partial charge is 0.0264 e. The van der Waals surface area contributed by atoms with Crippen molar-refractivity contribution in [1.29, 1.82) is 0 Å². The fourth-order valence-corrected chi connectivity index (χ4v) is 9.32. The van der Waals surface area contributed by atoms with Crippen LogP contribution in [0.4, 0.5) is 0 Å². The summed E-state index contributed by atoms with van der Waals surface area (Å²) in [5.41, 5.74) is 1.39. The van der Waals surface area contributed by atoms with Gasteiger partial charge in [0, 0.05) is 0 Å². The van der Waals surface area contributed by atoms with Gasteiger partial charge >= 0.3 is 0 Å². The van der Waals surface area contributed by atoms with E-state index in [1.165, 1.54) is 32.1 Å². The van der Waals surface area contributed by atoms with E-state index < -0.39 is 0 Å². The van der Waals surface area contributed by atoms with Crippen molar-refractivity contribution in [1.82, 2.24) is 0 Å². The molecule has 0 aliphatic heterocycles. The van der Waals surface area contributed by atoms with Gasteiger partial charge in [-0.2, -0.15) is 0 Å². The summed E-state index contributed by atoms with van der Waals surface area (Å²) in [5.74, 6) is 7.15. The lowest BCUT2D eigenvalue weighted by atomic mass is 9.44. The predicted octanol–water partition coefficient (Wildman–Crippen LogP) is 8.50. The van der Waals surface area contributed by atoms with E-state index >= 15 is 0 Å². The maximum atomic E-state index is 2.75. The standard InChI is InChI=1S/C27H48/c1-19(2)9-8-10-20(3)23-14-15-24-22-13-12-21-11-6-7-17-26(21,4)25(22)16-18-27(23,24)5/h19-25H,6-18H2,1-5H3/t20-,21-,22-,23-,24-,25-,26+,27-/m1/s1. The first kappa shape index (κ1) is 20.3. The summed E-state index contributed by atoms with van der Waals surface area (Å²) in [6, 6.07) is 0. The van der Waals surface area contributed by atoms with Crippen LogP contribution in [-0.4, -0.2) is 0 Å². The van der Waals surface area contributed by atoms with Crippen LogP contribution in [-0.2, 0) is 0 Å². The third kappa shape index (κ3) is 3.44. The Kier molecular flexibility index (Phi) is 5.77. The normalized spacial score (nSPS) is 48.0. The third-order valence-electron chi connectivity index (χ3n) is 10.8. The van der Waals surface area contributed by atoms with Crippen LogP contribution in [0.5, 0.6) is 0 Å². The minimum Gasteiger partial charge on any atom is -0.0628 e. The molecule has 0 aromatic rings. The molecule has 156 valence electrons. The van der Waals surface area contributed by atoms with E-state index in [0.717, 1.165) is 41.4 Å². The zero-order valence-corrected chi connectivity index (χ0v) is 19.2. The molecule has 0 radical (unpaired) electrons. The first-order valence-electron chi connectivity index (χ1n) is 12.9. The fourth-order valence-electron chi connectivity index (χ4n) is 9.32. The van der Waals surface area contributed by atoms with Crippen molar-refractivity contribution in [2.24, 2.45) is 52.3 Å². The Labute approximate surface area is 170 Å². The SMILES string of the molecule is CC(C)CCC[C@@H](C)[C@H]1CC[C@@H]2[C@H]3CC[C@H]4CCCC[C@]4(C)[C@@H]3CC[C@@]21C. The van der Waals surface area contributed by atoms with Gasteiger partial charge in [-0.3, -0.25) is 0 Å². The van der Waals surface area contributed by atoms with E-state index in [0.29, 0.717) is 10.8 Å².